The highest BCUT2D eigenvalue weighted by Gasteiger charge is 2.34. The molecule has 2 aliphatic rings. The van der Waals surface area contributed by atoms with Crippen molar-refractivity contribution in [2.24, 2.45) is 5.92 Å². The lowest BCUT2D eigenvalue weighted by Crippen LogP contribution is -2.49. The number of amides is 1. The van der Waals surface area contributed by atoms with Crippen molar-refractivity contribution in [2.75, 3.05) is 31.1 Å². The average Bonchev–Trinajstić information content (AvgIpc) is 3.36. The number of carbonyl (C=O) groups excluding carboxylic acids is 1. The minimum Gasteiger partial charge on any atom is -0.353 e. The predicted molar refractivity (Wildman–Crippen MR) is 83.8 cm³/mol. The number of piperazine rings is 1. The number of nitrogens with zero attached hydrogens (tertiary/aromatic N) is 5. The lowest BCUT2D eigenvalue weighted by Gasteiger charge is -2.35. The van der Waals surface area contributed by atoms with Crippen LogP contribution in [0, 0.1) is 12.8 Å². The second kappa shape index (κ2) is 5.64. The van der Waals surface area contributed by atoms with Gasteiger partial charge >= 0.3 is 0 Å². The molecule has 0 spiro atoms. The number of anilines is 1. The summed E-state index contributed by atoms with van der Waals surface area (Å²) < 4.78 is 4.99. The summed E-state index contributed by atoms with van der Waals surface area (Å²) in [6, 6.07) is 3.92. The second-order valence-electron chi connectivity index (χ2n) is 6.13. The SMILES string of the molecule is Cc1nc(-c2ccc(N3CCN(C(=O)C4CC4)CC3)nc2)no1. The Balaban J connectivity index is 1.40. The van der Waals surface area contributed by atoms with E-state index in [1.54, 1.807) is 13.1 Å². The number of carbonyl (C=O) groups is 1. The van der Waals surface area contributed by atoms with Crippen LogP contribution in [0.5, 0.6) is 0 Å². The minimum atomic E-state index is 0.303. The first-order valence-electron chi connectivity index (χ1n) is 8.01. The van der Waals surface area contributed by atoms with Gasteiger partial charge in [0.1, 0.15) is 5.82 Å². The van der Waals surface area contributed by atoms with Gasteiger partial charge in [0.2, 0.25) is 17.6 Å². The summed E-state index contributed by atoms with van der Waals surface area (Å²) in [6.45, 7) is 4.98. The van der Waals surface area contributed by atoms with Crippen LogP contribution in [0.1, 0.15) is 18.7 Å². The third-order valence-corrected chi connectivity index (χ3v) is 4.38. The van der Waals surface area contributed by atoms with E-state index in [9.17, 15) is 4.79 Å². The van der Waals surface area contributed by atoms with Crippen LogP contribution in [-0.2, 0) is 4.79 Å². The highest BCUT2D eigenvalue weighted by atomic mass is 16.5. The molecule has 2 fully saturated rings. The van der Waals surface area contributed by atoms with Gasteiger partial charge in [0, 0.05) is 50.8 Å². The molecule has 2 aromatic heterocycles. The minimum absolute atomic E-state index is 0.303. The van der Waals surface area contributed by atoms with Gasteiger partial charge in [0.05, 0.1) is 0 Å². The molecule has 1 saturated carbocycles. The molecule has 0 unspecified atom stereocenters. The molecule has 0 atom stereocenters. The maximum atomic E-state index is 12.1. The first kappa shape index (κ1) is 14.2. The molecule has 0 bridgehead atoms. The lowest BCUT2D eigenvalue weighted by molar-refractivity contribution is -0.132. The lowest BCUT2D eigenvalue weighted by atomic mass is 10.2. The molecule has 7 nitrogen and oxygen atoms in total. The molecule has 3 heterocycles. The van der Waals surface area contributed by atoms with E-state index >= 15 is 0 Å². The second-order valence-corrected chi connectivity index (χ2v) is 6.13. The van der Waals surface area contributed by atoms with Crippen LogP contribution in [0.15, 0.2) is 22.9 Å². The zero-order chi connectivity index (χ0) is 15.8. The molecule has 1 amide bonds. The molecule has 0 aromatic carbocycles. The Bertz CT molecular complexity index is 700. The molecule has 1 aliphatic heterocycles. The topological polar surface area (TPSA) is 75.4 Å². The summed E-state index contributed by atoms with van der Waals surface area (Å²) in [5, 5.41) is 3.90. The van der Waals surface area contributed by atoms with Crippen LogP contribution in [0.4, 0.5) is 5.82 Å². The van der Waals surface area contributed by atoms with Crippen molar-refractivity contribution in [3.05, 3.63) is 24.2 Å². The van der Waals surface area contributed by atoms with Gasteiger partial charge in [-0.3, -0.25) is 4.79 Å². The fourth-order valence-corrected chi connectivity index (χ4v) is 2.87. The predicted octanol–water partition coefficient (Wildman–Crippen LogP) is 1.50. The summed E-state index contributed by atoms with van der Waals surface area (Å²) in [5.74, 6) is 2.66. The fraction of sp³-hybridized carbons (Fsp3) is 0.500. The number of hydrogen-bond donors (Lipinski definition) is 0. The Morgan fingerprint density at radius 3 is 2.57 bits per heavy atom. The van der Waals surface area contributed by atoms with Crippen molar-refractivity contribution in [3.8, 4) is 11.4 Å². The quantitative estimate of drug-likeness (QED) is 0.855. The maximum absolute atomic E-state index is 12.1. The van der Waals surface area contributed by atoms with Crippen LogP contribution >= 0.6 is 0 Å². The molecular weight excluding hydrogens is 294 g/mol. The molecule has 1 saturated heterocycles. The number of rotatable bonds is 3. The summed E-state index contributed by atoms with van der Waals surface area (Å²) >= 11 is 0. The van der Waals surface area contributed by atoms with Crippen molar-refractivity contribution in [1.82, 2.24) is 20.0 Å². The number of aryl methyl sites for hydroxylation is 1. The number of pyridine rings is 1. The van der Waals surface area contributed by atoms with Gasteiger partial charge in [-0.05, 0) is 25.0 Å². The maximum Gasteiger partial charge on any atom is 0.225 e. The van der Waals surface area contributed by atoms with Crippen molar-refractivity contribution in [1.29, 1.82) is 0 Å². The Labute approximate surface area is 134 Å². The average molecular weight is 313 g/mol. The Morgan fingerprint density at radius 2 is 2.00 bits per heavy atom. The first-order chi connectivity index (χ1) is 11.2. The third-order valence-electron chi connectivity index (χ3n) is 4.38. The van der Waals surface area contributed by atoms with Crippen molar-refractivity contribution in [2.45, 2.75) is 19.8 Å². The molecule has 0 N–H and O–H groups in total. The van der Waals surface area contributed by atoms with Gasteiger partial charge in [-0.25, -0.2) is 4.98 Å². The van der Waals surface area contributed by atoms with Gasteiger partial charge < -0.3 is 14.3 Å². The van der Waals surface area contributed by atoms with Crippen LogP contribution in [0.3, 0.4) is 0 Å². The van der Waals surface area contributed by atoms with E-state index in [2.05, 4.69) is 20.0 Å². The van der Waals surface area contributed by atoms with Crippen LogP contribution in [-0.4, -0.2) is 52.1 Å². The first-order valence-corrected chi connectivity index (χ1v) is 8.01. The van der Waals surface area contributed by atoms with Gasteiger partial charge in [0.25, 0.3) is 0 Å². The standard InChI is InChI=1S/C16H19N5O2/c1-11-18-15(19-23-11)13-4-5-14(17-10-13)20-6-8-21(9-7-20)16(22)12-2-3-12/h4-5,10,12H,2-3,6-9H2,1H3. The van der Waals surface area contributed by atoms with Crippen LogP contribution in [0.25, 0.3) is 11.4 Å². The Kier molecular flexibility index (Phi) is 3.48. The molecule has 120 valence electrons. The third kappa shape index (κ3) is 2.91. The van der Waals surface area contributed by atoms with Gasteiger partial charge in [0.15, 0.2) is 0 Å². The van der Waals surface area contributed by atoms with Crippen molar-refractivity contribution < 1.29 is 9.32 Å². The highest BCUT2D eigenvalue weighted by molar-refractivity contribution is 5.81. The number of aromatic nitrogens is 3. The largest absolute Gasteiger partial charge is 0.353 e. The molecule has 0 radical (unpaired) electrons. The Morgan fingerprint density at radius 1 is 1.22 bits per heavy atom. The van der Waals surface area contributed by atoms with Crippen molar-refractivity contribution in [3.63, 3.8) is 0 Å². The summed E-state index contributed by atoms with van der Waals surface area (Å²) in [6.07, 6.45) is 3.90. The van der Waals surface area contributed by atoms with E-state index in [0.717, 1.165) is 50.4 Å². The molecular formula is C16H19N5O2. The normalized spacial score (nSPS) is 18.3. The fourth-order valence-electron chi connectivity index (χ4n) is 2.87. The molecule has 4 rings (SSSR count). The smallest absolute Gasteiger partial charge is 0.225 e. The van der Waals surface area contributed by atoms with Gasteiger partial charge in [-0.15, -0.1) is 0 Å². The zero-order valence-corrected chi connectivity index (χ0v) is 13.1. The van der Waals surface area contributed by atoms with E-state index in [1.165, 1.54) is 0 Å². The Hall–Kier alpha value is -2.44. The molecule has 7 heteroatoms. The number of hydrogen-bond acceptors (Lipinski definition) is 6. The summed E-state index contributed by atoms with van der Waals surface area (Å²) in [7, 11) is 0. The molecule has 23 heavy (non-hydrogen) atoms. The van der Waals surface area contributed by atoms with E-state index < -0.39 is 0 Å². The molecule has 1 aliphatic carbocycles. The zero-order valence-electron chi connectivity index (χ0n) is 13.1. The van der Waals surface area contributed by atoms with E-state index in [0.29, 0.717) is 23.5 Å². The van der Waals surface area contributed by atoms with Gasteiger partial charge in [-0.2, -0.15) is 4.98 Å². The monoisotopic (exact) mass is 313 g/mol. The van der Waals surface area contributed by atoms with E-state index in [4.69, 9.17) is 4.52 Å². The summed E-state index contributed by atoms with van der Waals surface area (Å²) in [4.78, 5) is 25.0. The summed E-state index contributed by atoms with van der Waals surface area (Å²) in [5.41, 5.74) is 0.841. The van der Waals surface area contributed by atoms with E-state index in [-0.39, 0.29) is 0 Å². The van der Waals surface area contributed by atoms with Crippen LogP contribution in [0.2, 0.25) is 0 Å². The van der Waals surface area contributed by atoms with Crippen molar-refractivity contribution >= 4 is 11.7 Å². The van der Waals surface area contributed by atoms with Crippen LogP contribution < -0.4 is 4.90 Å². The molecule has 2 aromatic rings. The van der Waals surface area contributed by atoms with E-state index in [1.807, 2.05) is 17.0 Å². The van der Waals surface area contributed by atoms with Gasteiger partial charge in [-0.1, -0.05) is 5.16 Å². The highest BCUT2D eigenvalue weighted by Crippen LogP contribution is 2.31.